The summed E-state index contributed by atoms with van der Waals surface area (Å²) in [5.74, 6) is 1.42. The van der Waals surface area contributed by atoms with Crippen LogP contribution in [0.25, 0.3) is 0 Å². The minimum atomic E-state index is -0.915. The normalized spacial score (nSPS) is 11.4. The predicted octanol–water partition coefficient (Wildman–Crippen LogP) is 0.853. The molecule has 0 radical (unpaired) electrons. The lowest BCUT2D eigenvalue weighted by Crippen LogP contribution is -2.43. The molecule has 0 aliphatic heterocycles. The fourth-order valence-electron chi connectivity index (χ4n) is 2.09. The highest BCUT2D eigenvalue weighted by molar-refractivity contribution is 5.96. The van der Waals surface area contributed by atoms with Crippen LogP contribution in [-0.4, -0.2) is 48.6 Å². The van der Waals surface area contributed by atoms with Crippen LogP contribution in [0.4, 0.5) is 0 Å². The maximum Gasteiger partial charge on any atom is 0.331 e. The SMILES string of the molecule is C#Cc1ccc(C(=O)N[C@H](Cc2cnc[nH]2)C(=O)OCOCOC)cc1. The highest BCUT2D eigenvalue weighted by Gasteiger charge is 2.24. The van der Waals surface area contributed by atoms with Crippen molar-refractivity contribution in [2.75, 3.05) is 20.7 Å². The van der Waals surface area contributed by atoms with Crippen molar-refractivity contribution in [3.05, 3.63) is 53.6 Å². The molecule has 2 N–H and O–H groups in total. The molecule has 0 aliphatic rings. The fraction of sp³-hybridized carbons (Fsp3) is 0.278. The van der Waals surface area contributed by atoms with Crippen molar-refractivity contribution in [2.24, 2.45) is 0 Å². The zero-order valence-corrected chi connectivity index (χ0v) is 14.2. The van der Waals surface area contributed by atoms with Crippen molar-refractivity contribution >= 4 is 11.9 Å². The van der Waals surface area contributed by atoms with Crippen molar-refractivity contribution < 1.29 is 23.8 Å². The van der Waals surface area contributed by atoms with Crippen LogP contribution in [-0.2, 0) is 25.4 Å². The van der Waals surface area contributed by atoms with Gasteiger partial charge in [-0.1, -0.05) is 5.92 Å². The first-order chi connectivity index (χ1) is 12.6. The van der Waals surface area contributed by atoms with Gasteiger partial charge in [0.2, 0.25) is 0 Å². The largest absolute Gasteiger partial charge is 0.437 e. The monoisotopic (exact) mass is 357 g/mol. The first kappa shape index (κ1) is 19.2. The van der Waals surface area contributed by atoms with Crippen LogP contribution < -0.4 is 5.32 Å². The van der Waals surface area contributed by atoms with Gasteiger partial charge >= 0.3 is 5.97 Å². The number of rotatable bonds is 9. The van der Waals surface area contributed by atoms with Crippen molar-refractivity contribution in [1.82, 2.24) is 15.3 Å². The summed E-state index contributed by atoms with van der Waals surface area (Å²) in [5.41, 5.74) is 1.71. The molecule has 0 aliphatic carbocycles. The van der Waals surface area contributed by atoms with Gasteiger partial charge < -0.3 is 24.5 Å². The van der Waals surface area contributed by atoms with Gasteiger partial charge in [0.15, 0.2) is 6.79 Å². The topological polar surface area (TPSA) is 103 Å². The molecule has 2 rings (SSSR count). The van der Waals surface area contributed by atoms with E-state index in [0.29, 0.717) is 16.8 Å². The average Bonchev–Trinajstić information content (AvgIpc) is 3.17. The summed E-state index contributed by atoms with van der Waals surface area (Å²) < 4.78 is 14.6. The Kier molecular flexibility index (Phi) is 7.36. The van der Waals surface area contributed by atoms with E-state index in [1.807, 2.05) is 0 Å². The number of carbonyl (C=O) groups is 2. The number of hydrogen-bond acceptors (Lipinski definition) is 6. The first-order valence-electron chi connectivity index (χ1n) is 7.72. The zero-order valence-electron chi connectivity index (χ0n) is 14.2. The minimum absolute atomic E-state index is 0.00756. The number of ether oxygens (including phenoxy) is 3. The second kappa shape index (κ2) is 9.98. The molecule has 1 aromatic heterocycles. The Bertz CT molecular complexity index is 750. The molecule has 0 bridgehead atoms. The molecule has 1 heterocycles. The van der Waals surface area contributed by atoms with Crippen LogP contribution in [0.5, 0.6) is 0 Å². The van der Waals surface area contributed by atoms with E-state index in [1.165, 1.54) is 13.4 Å². The number of amides is 1. The van der Waals surface area contributed by atoms with Crippen molar-refractivity contribution in [1.29, 1.82) is 0 Å². The molecular weight excluding hydrogens is 338 g/mol. The highest BCUT2D eigenvalue weighted by Crippen LogP contribution is 2.06. The predicted molar refractivity (Wildman–Crippen MR) is 91.8 cm³/mol. The number of H-pyrrole nitrogens is 1. The van der Waals surface area contributed by atoms with E-state index in [9.17, 15) is 9.59 Å². The first-order valence-corrected chi connectivity index (χ1v) is 7.72. The number of esters is 1. The lowest BCUT2D eigenvalue weighted by molar-refractivity contribution is -0.167. The van der Waals surface area contributed by atoms with Gasteiger partial charge in [-0.25, -0.2) is 9.78 Å². The van der Waals surface area contributed by atoms with E-state index in [0.717, 1.165) is 0 Å². The van der Waals surface area contributed by atoms with Crippen LogP contribution in [0, 0.1) is 12.3 Å². The van der Waals surface area contributed by atoms with Crippen LogP contribution in [0.2, 0.25) is 0 Å². The van der Waals surface area contributed by atoms with Gasteiger partial charge in [0, 0.05) is 36.5 Å². The number of nitrogens with one attached hydrogen (secondary N) is 2. The summed E-state index contributed by atoms with van der Waals surface area (Å²) >= 11 is 0. The minimum Gasteiger partial charge on any atom is -0.437 e. The summed E-state index contributed by atoms with van der Waals surface area (Å²) in [6.07, 6.45) is 8.54. The van der Waals surface area contributed by atoms with Crippen molar-refractivity contribution in [3.63, 3.8) is 0 Å². The van der Waals surface area contributed by atoms with Gasteiger partial charge in [0.05, 0.1) is 6.33 Å². The Morgan fingerprint density at radius 2 is 2.08 bits per heavy atom. The van der Waals surface area contributed by atoms with E-state index >= 15 is 0 Å². The number of terminal acetylenes is 1. The molecule has 0 unspecified atom stereocenters. The average molecular weight is 357 g/mol. The summed E-state index contributed by atoms with van der Waals surface area (Å²) in [7, 11) is 1.45. The number of carbonyl (C=O) groups excluding carboxylic acids is 2. The molecule has 0 fully saturated rings. The summed E-state index contributed by atoms with van der Waals surface area (Å²) in [5, 5.41) is 2.65. The number of aromatic nitrogens is 2. The molecule has 0 saturated heterocycles. The molecular formula is C18H19N3O5. The summed E-state index contributed by atoms with van der Waals surface area (Å²) in [4.78, 5) is 31.5. The van der Waals surface area contributed by atoms with Gasteiger partial charge in [-0.3, -0.25) is 4.79 Å². The van der Waals surface area contributed by atoms with Gasteiger partial charge in [-0.05, 0) is 24.3 Å². The van der Waals surface area contributed by atoms with E-state index in [1.54, 1.807) is 30.5 Å². The lowest BCUT2D eigenvalue weighted by atomic mass is 10.1. The Hall–Kier alpha value is -3.15. The molecule has 0 saturated carbocycles. The van der Waals surface area contributed by atoms with E-state index in [4.69, 9.17) is 20.6 Å². The molecule has 136 valence electrons. The molecule has 1 amide bonds. The number of imidazole rings is 1. The molecule has 26 heavy (non-hydrogen) atoms. The number of aromatic amines is 1. The van der Waals surface area contributed by atoms with Crippen molar-refractivity contribution in [3.8, 4) is 12.3 Å². The zero-order chi connectivity index (χ0) is 18.8. The standard InChI is InChI=1S/C18H19N3O5/c1-3-13-4-6-14(7-5-13)17(22)21-16(8-15-9-19-10-20-15)18(23)26-12-25-11-24-2/h1,4-7,9-10,16H,8,11-12H2,2H3,(H,19,20)(H,21,22)/t16-/m1/s1. The molecule has 1 atom stereocenters. The summed E-state index contributed by atoms with van der Waals surface area (Å²) in [6.45, 7) is -0.286. The van der Waals surface area contributed by atoms with Gasteiger partial charge in [0.1, 0.15) is 12.8 Å². The maximum absolute atomic E-state index is 12.4. The smallest absolute Gasteiger partial charge is 0.331 e. The van der Waals surface area contributed by atoms with E-state index < -0.39 is 17.9 Å². The second-order valence-electron chi connectivity index (χ2n) is 5.22. The fourth-order valence-corrected chi connectivity index (χ4v) is 2.09. The molecule has 8 heteroatoms. The Morgan fingerprint density at radius 1 is 1.31 bits per heavy atom. The lowest BCUT2D eigenvalue weighted by Gasteiger charge is -2.17. The Morgan fingerprint density at radius 3 is 2.69 bits per heavy atom. The third-order valence-electron chi connectivity index (χ3n) is 3.37. The molecule has 0 spiro atoms. The van der Waals surface area contributed by atoms with Crippen LogP contribution in [0.15, 0.2) is 36.8 Å². The third kappa shape index (κ3) is 5.73. The third-order valence-corrected chi connectivity index (χ3v) is 3.37. The van der Waals surface area contributed by atoms with E-state index in [2.05, 4.69) is 21.2 Å². The van der Waals surface area contributed by atoms with E-state index in [-0.39, 0.29) is 20.0 Å². The number of benzene rings is 1. The van der Waals surface area contributed by atoms with Crippen LogP contribution in [0.3, 0.4) is 0 Å². The van der Waals surface area contributed by atoms with Gasteiger partial charge in [-0.2, -0.15) is 0 Å². The van der Waals surface area contributed by atoms with Crippen LogP contribution in [0.1, 0.15) is 21.6 Å². The summed E-state index contributed by atoms with van der Waals surface area (Å²) in [6, 6.07) is 5.56. The number of hydrogen-bond donors (Lipinski definition) is 2. The Labute approximate surface area is 150 Å². The quantitative estimate of drug-likeness (QED) is 0.299. The Balaban J connectivity index is 2.03. The second-order valence-corrected chi connectivity index (χ2v) is 5.22. The highest BCUT2D eigenvalue weighted by atomic mass is 16.7. The van der Waals surface area contributed by atoms with Crippen molar-refractivity contribution in [2.45, 2.75) is 12.5 Å². The van der Waals surface area contributed by atoms with Gasteiger partial charge in [-0.15, -0.1) is 6.42 Å². The number of methoxy groups -OCH3 is 1. The number of nitrogens with zero attached hydrogens (tertiary/aromatic N) is 1. The molecule has 8 nitrogen and oxygen atoms in total. The maximum atomic E-state index is 12.4. The van der Waals surface area contributed by atoms with Crippen LogP contribution >= 0.6 is 0 Å². The molecule has 1 aromatic carbocycles. The van der Waals surface area contributed by atoms with Gasteiger partial charge in [0.25, 0.3) is 5.91 Å². The molecule has 2 aromatic rings.